The summed E-state index contributed by atoms with van der Waals surface area (Å²) in [6, 6.07) is 11.1. The van der Waals surface area contributed by atoms with Gasteiger partial charge in [0.15, 0.2) is 0 Å². The van der Waals surface area contributed by atoms with E-state index in [0.717, 1.165) is 5.56 Å². The lowest BCUT2D eigenvalue weighted by Crippen LogP contribution is -2.36. The lowest BCUT2D eigenvalue weighted by molar-refractivity contribution is 0.0365. The van der Waals surface area contributed by atoms with Crippen molar-refractivity contribution in [1.82, 2.24) is 5.09 Å². The zero-order valence-electron chi connectivity index (χ0n) is 11.7. The molecule has 1 aliphatic heterocycles. The summed E-state index contributed by atoms with van der Waals surface area (Å²) < 4.78 is 23.0. The van der Waals surface area contributed by atoms with Gasteiger partial charge < -0.3 is 0 Å². The number of hydrogen-bond donors (Lipinski definition) is 1. The standard InChI is InChI=1S/C14H19N2O3P/c1-14(2)10-18-20(17,19-11-14)16-13(9-15)8-12-6-4-3-5-7-12/h3-7,13H,8,10-11H2,1-2H3,(H,16,17)/t13-/m0/s1. The molecule has 1 aromatic carbocycles. The molecule has 0 aliphatic carbocycles. The van der Waals surface area contributed by atoms with E-state index in [1.807, 2.05) is 44.2 Å². The van der Waals surface area contributed by atoms with Gasteiger partial charge in [0, 0.05) is 11.8 Å². The monoisotopic (exact) mass is 294 g/mol. The maximum Gasteiger partial charge on any atom is 0.406 e. The molecule has 0 radical (unpaired) electrons. The van der Waals surface area contributed by atoms with Crippen molar-refractivity contribution in [2.75, 3.05) is 13.2 Å². The molecule has 5 nitrogen and oxygen atoms in total. The van der Waals surface area contributed by atoms with Crippen LogP contribution < -0.4 is 5.09 Å². The van der Waals surface area contributed by atoms with Gasteiger partial charge in [-0.15, -0.1) is 0 Å². The average Bonchev–Trinajstić information content (AvgIpc) is 2.43. The summed E-state index contributed by atoms with van der Waals surface area (Å²) in [6.07, 6.45) is 0.456. The van der Waals surface area contributed by atoms with Crippen LogP contribution in [0.4, 0.5) is 0 Å². The van der Waals surface area contributed by atoms with Crippen LogP contribution in [0.25, 0.3) is 0 Å². The minimum absolute atomic E-state index is 0.156. The third-order valence-electron chi connectivity index (χ3n) is 3.00. The normalized spacial score (nSPS) is 21.9. The molecule has 1 fully saturated rings. The van der Waals surface area contributed by atoms with Gasteiger partial charge in [-0.3, -0.25) is 9.05 Å². The molecule has 1 aliphatic rings. The lowest BCUT2D eigenvalue weighted by Gasteiger charge is -2.34. The third kappa shape index (κ3) is 4.16. The van der Waals surface area contributed by atoms with Crippen LogP contribution >= 0.6 is 7.75 Å². The van der Waals surface area contributed by atoms with E-state index in [9.17, 15) is 9.83 Å². The number of benzene rings is 1. The summed E-state index contributed by atoms with van der Waals surface area (Å²) in [5, 5.41) is 11.9. The molecule has 6 heteroatoms. The molecular formula is C14H19N2O3P. The van der Waals surface area contributed by atoms with Gasteiger partial charge in [-0.2, -0.15) is 5.26 Å². The first kappa shape index (κ1) is 15.2. The number of rotatable bonds is 4. The Hall–Kier alpha value is -1.18. The highest BCUT2D eigenvalue weighted by atomic mass is 31.2. The predicted molar refractivity (Wildman–Crippen MR) is 76.0 cm³/mol. The number of nitrogens with one attached hydrogen (secondary N) is 1. The van der Waals surface area contributed by atoms with Crippen molar-refractivity contribution in [3.05, 3.63) is 35.9 Å². The first-order valence-corrected chi connectivity index (χ1v) is 8.07. The Morgan fingerprint density at radius 1 is 1.35 bits per heavy atom. The Morgan fingerprint density at radius 2 is 1.95 bits per heavy atom. The zero-order chi connectivity index (χ0) is 14.6. The van der Waals surface area contributed by atoms with E-state index in [4.69, 9.17) is 9.05 Å². The number of nitriles is 1. The molecule has 0 unspecified atom stereocenters. The summed E-state index contributed by atoms with van der Waals surface area (Å²) in [6.45, 7) is 4.64. The molecule has 0 bridgehead atoms. The van der Waals surface area contributed by atoms with Crippen molar-refractivity contribution in [3.63, 3.8) is 0 Å². The van der Waals surface area contributed by atoms with Gasteiger partial charge in [0.1, 0.15) is 6.04 Å². The second-order valence-corrected chi connectivity index (χ2v) is 7.48. The molecule has 0 amide bonds. The van der Waals surface area contributed by atoms with Crippen LogP contribution in [0.15, 0.2) is 30.3 Å². The maximum atomic E-state index is 12.4. The molecule has 20 heavy (non-hydrogen) atoms. The minimum Gasteiger partial charge on any atom is -0.296 e. The summed E-state index contributed by atoms with van der Waals surface area (Å²) in [5.74, 6) is 0. The van der Waals surface area contributed by atoms with Gasteiger partial charge in [0.05, 0.1) is 19.3 Å². The van der Waals surface area contributed by atoms with Crippen molar-refractivity contribution in [1.29, 1.82) is 5.26 Å². The molecule has 2 rings (SSSR count). The quantitative estimate of drug-likeness (QED) is 0.864. The first-order valence-electron chi connectivity index (χ1n) is 6.53. The molecule has 0 saturated carbocycles. The molecule has 1 atom stereocenters. The average molecular weight is 294 g/mol. The Balaban J connectivity index is 1.97. The predicted octanol–water partition coefficient (Wildman–Crippen LogP) is 2.89. The van der Waals surface area contributed by atoms with E-state index >= 15 is 0 Å². The third-order valence-corrected chi connectivity index (χ3v) is 4.57. The van der Waals surface area contributed by atoms with Gasteiger partial charge in [-0.1, -0.05) is 44.2 Å². The van der Waals surface area contributed by atoms with E-state index in [1.54, 1.807) is 0 Å². The highest BCUT2D eigenvalue weighted by molar-refractivity contribution is 7.51. The largest absolute Gasteiger partial charge is 0.406 e. The molecule has 1 N–H and O–H groups in total. The Bertz CT molecular complexity index is 525. The van der Waals surface area contributed by atoms with Crippen LogP contribution in [0.5, 0.6) is 0 Å². The van der Waals surface area contributed by atoms with Crippen LogP contribution in [0.3, 0.4) is 0 Å². The highest BCUT2D eigenvalue weighted by Gasteiger charge is 2.38. The Kier molecular flexibility index (Phi) is 4.62. The van der Waals surface area contributed by atoms with Crippen molar-refractivity contribution in [2.24, 2.45) is 5.41 Å². The number of hydrogen-bond acceptors (Lipinski definition) is 4. The second-order valence-electron chi connectivity index (χ2n) is 5.71. The molecular weight excluding hydrogens is 275 g/mol. The van der Waals surface area contributed by atoms with E-state index in [-0.39, 0.29) is 5.41 Å². The summed E-state index contributed by atoms with van der Waals surface area (Å²) in [4.78, 5) is 0. The summed E-state index contributed by atoms with van der Waals surface area (Å²) in [7, 11) is -3.38. The maximum absolute atomic E-state index is 12.4. The topological polar surface area (TPSA) is 71.3 Å². The second kappa shape index (κ2) is 6.07. The molecule has 1 heterocycles. The zero-order valence-corrected chi connectivity index (χ0v) is 12.6. The lowest BCUT2D eigenvalue weighted by atomic mass is 9.97. The fraction of sp³-hybridized carbons (Fsp3) is 0.500. The van der Waals surface area contributed by atoms with Gasteiger partial charge in [-0.25, -0.2) is 9.65 Å². The van der Waals surface area contributed by atoms with Crippen molar-refractivity contribution >= 4 is 7.75 Å². The Labute approximate surface area is 119 Å². The van der Waals surface area contributed by atoms with Crippen LogP contribution in [-0.4, -0.2) is 19.3 Å². The van der Waals surface area contributed by atoms with E-state index in [0.29, 0.717) is 19.6 Å². The van der Waals surface area contributed by atoms with Crippen LogP contribution in [0.1, 0.15) is 19.4 Å². The van der Waals surface area contributed by atoms with Crippen molar-refractivity contribution in [3.8, 4) is 6.07 Å². The van der Waals surface area contributed by atoms with Crippen LogP contribution in [0.2, 0.25) is 0 Å². The van der Waals surface area contributed by atoms with Crippen molar-refractivity contribution in [2.45, 2.75) is 26.3 Å². The molecule has 0 aromatic heterocycles. The van der Waals surface area contributed by atoms with E-state index in [1.165, 1.54) is 0 Å². The molecule has 1 aromatic rings. The molecule has 0 spiro atoms. The molecule has 108 valence electrons. The summed E-state index contributed by atoms with van der Waals surface area (Å²) >= 11 is 0. The minimum atomic E-state index is -3.38. The van der Waals surface area contributed by atoms with E-state index in [2.05, 4.69) is 11.2 Å². The highest BCUT2D eigenvalue weighted by Crippen LogP contribution is 2.50. The van der Waals surface area contributed by atoms with Crippen LogP contribution in [0, 0.1) is 16.7 Å². The summed E-state index contributed by atoms with van der Waals surface area (Å²) in [5.41, 5.74) is 0.840. The smallest absolute Gasteiger partial charge is 0.296 e. The SMILES string of the molecule is CC1(C)COP(=O)(N[C@H](C#N)Cc2ccccc2)OC1. The van der Waals surface area contributed by atoms with E-state index < -0.39 is 13.8 Å². The fourth-order valence-corrected chi connectivity index (χ4v) is 3.63. The first-order chi connectivity index (χ1) is 9.42. The van der Waals surface area contributed by atoms with Gasteiger partial charge in [0.2, 0.25) is 0 Å². The van der Waals surface area contributed by atoms with Gasteiger partial charge in [0.25, 0.3) is 0 Å². The van der Waals surface area contributed by atoms with Gasteiger partial charge in [-0.05, 0) is 5.56 Å². The van der Waals surface area contributed by atoms with Gasteiger partial charge >= 0.3 is 7.75 Å². The molecule has 1 saturated heterocycles. The van der Waals surface area contributed by atoms with Crippen molar-refractivity contribution < 1.29 is 13.6 Å². The Morgan fingerprint density at radius 3 is 2.50 bits per heavy atom. The number of nitrogens with zero attached hydrogens (tertiary/aromatic N) is 1. The van der Waals surface area contributed by atoms with Crippen LogP contribution in [-0.2, 0) is 20.0 Å². The fourth-order valence-electron chi connectivity index (χ4n) is 1.83.